The van der Waals surface area contributed by atoms with Crippen LogP contribution in [-0.2, 0) is 19.1 Å². The van der Waals surface area contributed by atoms with E-state index in [1.54, 1.807) is 6.92 Å². The van der Waals surface area contributed by atoms with Crippen LogP contribution in [-0.4, -0.2) is 80.4 Å². The summed E-state index contributed by atoms with van der Waals surface area (Å²) in [5.41, 5.74) is 0. The number of carbonyl (C=O) groups is 3. The lowest BCUT2D eigenvalue weighted by Gasteiger charge is -2.16. The Kier molecular flexibility index (Phi) is 11.4. The quantitative estimate of drug-likeness (QED) is 0.172. The number of fused-ring (bicyclic) bond motifs is 1. The molecule has 0 radical (unpaired) electrons. The molecule has 0 aromatic heterocycles. The molecule has 0 bridgehead atoms. The van der Waals surface area contributed by atoms with Gasteiger partial charge in [0.1, 0.15) is 6.61 Å². The van der Waals surface area contributed by atoms with E-state index >= 15 is 0 Å². The van der Waals surface area contributed by atoms with Gasteiger partial charge in [0.05, 0.1) is 38.4 Å². The summed E-state index contributed by atoms with van der Waals surface area (Å²) in [5, 5.41) is 11.8. The fourth-order valence-corrected chi connectivity index (χ4v) is 4.84. The molecule has 0 spiro atoms. The zero-order valence-corrected chi connectivity index (χ0v) is 18.3. The molecule has 9 nitrogen and oxygen atoms in total. The molecule has 2 aliphatic rings. The van der Waals surface area contributed by atoms with Crippen molar-refractivity contribution in [2.24, 2.45) is 0 Å². The predicted molar refractivity (Wildman–Crippen MR) is 115 cm³/mol. The number of unbranched alkanes of at least 4 members (excludes halogenated alkanes) is 1. The summed E-state index contributed by atoms with van der Waals surface area (Å²) in [6, 6.07) is 0.410. The van der Waals surface area contributed by atoms with Gasteiger partial charge >= 0.3 is 6.03 Å². The minimum absolute atomic E-state index is 0.0187. The summed E-state index contributed by atoms with van der Waals surface area (Å²) < 4.78 is 10.6. The second-order valence-corrected chi connectivity index (χ2v) is 8.36. The van der Waals surface area contributed by atoms with Gasteiger partial charge in [-0.05, 0) is 19.8 Å². The highest BCUT2D eigenvalue weighted by Crippen LogP contribution is 2.33. The van der Waals surface area contributed by atoms with Gasteiger partial charge in [0, 0.05) is 24.0 Å². The van der Waals surface area contributed by atoms with Crippen molar-refractivity contribution in [3.63, 3.8) is 0 Å². The molecule has 2 heterocycles. The van der Waals surface area contributed by atoms with Crippen molar-refractivity contribution in [2.45, 2.75) is 49.9 Å². The molecular formula is C20H32N4O5S. The summed E-state index contributed by atoms with van der Waals surface area (Å²) in [7, 11) is 0. The summed E-state index contributed by atoms with van der Waals surface area (Å²) in [6.45, 7) is 3.56. The number of hydrogen-bond acceptors (Lipinski definition) is 6. The van der Waals surface area contributed by atoms with E-state index in [0.717, 1.165) is 25.0 Å². The Morgan fingerprint density at radius 2 is 1.97 bits per heavy atom. The second kappa shape index (κ2) is 14.1. The molecule has 0 aromatic rings. The van der Waals surface area contributed by atoms with Crippen molar-refractivity contribution in [1.29, 1.82) is 0 Å². The van der Waals surface area contributed by atoms with Crippen LogP contribution in [0.4, 0.5) is 4.79 Å². The molecule has 168 valence electrons. The van der Waals surface area contributed by atoms with Crippen molar-refractivity contribution in [1.82, 2.24) is 21.3 Å². The van der Waals surface area contributed by atoms with E-state index in [0.29, 0.717) is 44.6 Å². The number of carbonyl (C=O) groups excluding carboxylic acids is 3. The Balaban J connectivity index is 1.36. The Morgan fingerprint density at radius 1 is 1.13 bits per heavy atom. The average Bonchev–Trinajstić information content (AvgIpc) is 3.27. The Hall–Kier alpha value is -1.96. The predicted octanol–water partition coefficient (Wildman–Crippen LogP) is 0.00110. The Bertz CT molecular complexity index is 636. The fraction of sp³-hybridized carbons (Fsp3) is 0.750. The molecule has 2 fully saturated rings. The number of ether oxygens (including phenoxy) is 2. The third-order valence-electron chi connectivity index (χ3n) is 4.81. The summed E-state index contributed by atoms with van der Waals surface area (Å²) >= 11 is 1.89. The van der Waals surface area contributed by atoms with Gasteiger partial charge in [-0.2, -0.15) is 11.8 Å². The van der Waals surface area contributed by atoms with Crippen molar-refractivity contribution in [3.05, 3.63) is 0 Å². The number of thioether (sulfide) groups is 1. The first-order valence-electron chi connectivity index (χ1n) is 10.4. The van der Waals surface area contributed by atoms with E-state index in [-0.39, 0.29) is 36.5 Å². The van der Waals surface area contributed by atoms with E-state index in [4.69, 9.17) is 9.47 Å². The summed E-state index contributed by atoms with van der Waals surface area (Å²) in [6.07, 6.45) is 3.31. The van der Waals surface area contributed by atoms with E-state index in [9.17, 15) is 14.4 Å². The first-order chi connectivity index (χ1) is 14.6. The van der Waals surface area contributed by atoms with Crippen molar-refractivity contribution < 1.29 is 23.9 Å². The molecular weight excluding hydrogens is 408 g/mol. The van der Waals surface area contributed by atoms with Crippen LogP contribution in [0.5, 0.6) is 0 Å². The summed E-state index contributed by atoms with van der Waals surface area (Å²) in [5.74, 6) is 6.20. The second-order valence-electron chi connectivity index (χ2n) is 7.09. The van der Waals surface area contributed by atoms with E-state index in [2.05, 4.69) is 33.1 Å². The van der Waals surface area contributed by atoms with Crippen LogP contribution in [0.3, 0.4) is 0 Å². The molecule has 10 heteroatoms. The van der Waals surface area contributed by atoms with Gasteiger partial charge in [-0.3, -0.25) is 9.59 Å². The zero-order valence-electron chi connectivity index (χ0n) is 17.5. The van der Waals surface area contributed by atoms with Crippen LogP contribution < -0.4 is 21.3 Å². The Morgan fingerprint density at radius 3 is 2.80 bits per heavy atom. The number of amides is 4. The van der Waals surface area contributed by atoms with E-state index in [1.807, 2.05) is 11.8 Å². The first-order valence-corrected chi connectivity index (χ1v) is 11.4. The lowest BCUT2D eigenvalue weighted by atomic mass is 10.0. The van der Waals surface area contributed by atoms with Crippen LogP contribution in [0.2, 0.25) is 0 Å². The Labute approximate surface area is 182 Å². The highest BCUT2D eigenvalue weighted by atomic mass is 32.2. The van der Waals surface area contributed by atoms with Gasteiger partial charge in [-0.25, -0.2) is 4.79 Å². The number of hydrogen-bond donors (Lipinski definition) is 4. The lowest BCUT2D eigenvalue weighted by Crippen LogP contribution is -2.36. The standard InChI is InChI=1S/C20H32N4O5S/c1-2-3-8-21-18(26)13-29-12-11-28-10-9-22-17(25)7-5-4-6-16-19-15(14-30-16)23-20(27)24-19/h15-16,19H,4-14H2,1H3,(H,21,26)(H,22,25)(H2,23,24,27)/t15?,16-,19?/m0/s1. The SMILES string of the molecule is CC#CCNC(=O)COCCOCCNC(=O)CCCC[C@@H]1SCC2NC(=O)NC21. The van der Waals surface area contributed by atoms with Crippen molar-refractivity contribution in [2.75, 3.05) is 45.3 Å². The normalized spacial score (nSPS) is 21.8. The number of nitrogens with one attached hydrogen (secondary N) is 4. The molecule has 4 amide bonds. The van der Waals surface area contributed by atoms with Gasteiger partial charge in [0.15, 0.2) is 0 Å². The largest absolute Gasteiger partial charge is 0.377 e. The van der Waals surface area contributed by atoms with Gasteiger partial charge in [-0.1, -0.05) is 12.3 Å². The molecule has 0 aliphatic carbocycles. The molecule has 2 unspecified atom stereocenters. The van der Waals surface area contributed by atoms with Crippen LogP contribution in [0.1, 0.15) is 32.6 Å². The van der Waals surface area contributed by atoms with E-state index < -0.39 is 0 Å². The smallest absolute Gasteiger partial charge is 0.315 e. The molecule has 0 saturated carbocycles. The molecule has 30 heavy (non-hydrogen) atoms. The zero-order chi connectivity index (χ0) is 21.6. The molecule has 4 N–H and O–H groups in total. The minimum Gasteiger partial charge on any atom is -0.377 e. The highest BCUT2D eigenvalue weighted by Gasteiger charge is 2.42. The van der Waals surface area contributed by atoms with Gasteiger partial charge in [-0.15, -0.1) is 5.92 Å². The van der Waals surface area contributed by atoms with Crippen LogP contribution in [0, 0.1) is 11.8 Å². The molecule has 2 rings (SSSR count). The minimum atomic E-state index is -0.207. The van der Waals surface area contributed by atoms with Crippen molar-refractivity contribution >= 4 is 29.6 Å². The number of urea groups is 1. The highest BCUT2D eigenvalue weighted by molar-refractivity contribution is 8.00. The maximum absolute atomic E-state index is 11.9. The molecule has 3 atom stereocenters. The molecule has 0 aromatic carbocycles. The fourth-order valence-electron chi connectivity index (χ4n) is 3.29. The number of rotatable bonds is 14. The summed E-state index contributed by atoms with van der Waals surface area (Å²) in [4.78, 5) is 34.6. The van der Waals surface area contributed by atoms with Crippen LogP contribution in [0.25, 0.3) is 0 Å². The maximum atomic E-state index is 11.9. The van der Waals surface area contributed by atoms with Gasteiger partial charge in [0.25, 0.3) is 0 Å². The monoisotopic (exact) mass is 440 g/mol. The third-order valence-corrected chi connectivity index (χ3v) is 6.31. The van der Waals surface area contributed by atoms with Gasteiger partial charge in [0.2, 0.25) is 11.8 Å². The third kappa shape index (κ3) is 9.24. The lowest BCUT2D eigenvalue weighted by molar-refractivity contribution is -0.126. The topological polar surface area (TPSA) is 118 Å². The first kappa shape index (κ1) is 24.3. The molecule has 2 saturated heterocycles. The van der Waals surface area contributed by atoms with Crippen LogP contribution in [0.15, 0.2) is 0 Å². The maximum Gasteiger partial charge on any atom is 0.315 e. The molecule has 2 aliphatic heterocycles. The average molecular weight is 441 g/mol. The van der Waals surface area contributed by atoms with Crippen LogP contribution >= 0.6 is 11.8 Å². The van der Waals surface area contributed by atoms with Crippen molar-refractivity contribution in [3.8, 4) is 11.8 Å². The van der Waals surface area contributed by atoms with Gasteiger partial charge < -0.3 is 30.7 Å². The van der Waals surface area contributed by atoms with E-state index in [1.165, 1.54) is 0 Å².